The summed E-state index contributed by atoms with van der Waals surface area (Å²) in [4.78, 5) is 13.0. The zero-order chi connectivity index (χ0) is 20.2. The van der Waals surface area contributed by atoms with Crippen molar-refractivity contribution >= 4 is 5.91 Å². The summed E-state index contributed by atoms with van der Waals surface area (Å²) in [6, 6.07) is 17.6. The summed E-state index contributed by atoms with van der Waals surface area (Å²) in [5, 5.41) is 21.4. The molecule has 8 heteroatoms. The molecule has 0 fully saturated rings. The number of tetrazole rings is 1. The Balaban J connectivity index is 1.52. The van der Waals surface area contributed by atoms with Crippen LogP contribution in [0.1, 0.15) is 40.1 Å². The summed E-state index contributed by atoms with van der Waals surface area (Å²) in [6.07, 6.45) is 2.26. The van der Waals surface area contributed by atoms with Gasteiger partial charge in [-0.3, -0.25) is 9.48 Å². The molecule has 146 valence electrons. The average Bonchev–Trinajstić information content (AvgIpc) is 3.40. The average molecular weight is 387 g/mol. The first-order chi connectivity index (χ1) is 14.1. The van der Waals surface area contributed by atoms with Crippen LogP contribution in [0.25, 0.3) is 11.4 Å². The van der Waals surface area contributed by atoms with Gasteiger partial charge in [0, 0.05) is 19.0 Å². The van der Waals surface area contributed by atoms with E-state index in [1.165, 1.54) is 0 Å². The van der Waals surface area contributed by atoms with Crippen LogP contribution in [-0.2, 0) is 13.5 Å². The van der Waals surface area contributed by atoms with Gasteiger partial charge in [-0.15, -0.1) is 10.2 Å². The summed E-state index contributed by atoms with van der Waals surface area (Å²) in [5.41, 5.74) is 4.38. The van der Waals surface area contributed by atoms with Gasteiger partial charge in [0.2, 0.25) is 5.82 Å². The number of carbonyl (C=O) groups is 1. The van der Waals surface area contributed by atoms with Crippen molar-refractivity contribution in [1.82, 2.24) is 35.7 Å². The van der Waals surface area contributed by atoms with Gasteiger partial charge >= 0.3 is 0 Å². The van der Waals surface area contributed by atoms with Crippen LogP contribution in [-0.4, -0.2) is 36.3 Å². The third-order valence-corrected chi connectivity index (χ3v) is 4.86. The molecule has 1 atom stereocenters. The monoisotopic (exact) mass is 387 g/mol. The molecule has 2 aromatic carbocycles. The van der Waals surface area contributed by atoms with E-state index in [1.54, 1.807) is 10.9 Å². The molecule has 0 radical (unpaired) electrons. The molecular weight excluding hydrogens is 366 g/mol. The number of aryl methyl sites for hydroxylation is 1. The molecule has 0 spiro atoms. The van der Waals surface area contributed by atoms with Gasteiger partial charge in [0.15, 0.2) is 0 Å². The fraction of sp³-hybridized carbons (Fsp3) is 0.190. The number of amides is 1. The number of carbonyl (C=O) groups excluding carboxylic acids is 1. The molecule has 8 nitrogen and oxygen atoms in total. The van der Waals surface area contributed by atoms with E-state index >= 15 is 0 Å². The Kier molecular flexibility index (Phi) is 5.15. The smallest absolute Gasteiger partial charge is 0.255 e. The highest BCUT2D eigenvalue weighted by Gasteiger charge is 2.19. The summed E-state index contributed by atoms with van der Waals surface area (Å²) in [5.74, 6) is 0.365. The summed E-state index contributed by atoms with van der Waals surface area (Å²) >= 11 is 0. The predicted octanol–water partition coefficient (Wildman–Crippen LogP) is 2.68. The topological polar surface area (TPSA) is 101 Å². The number of hydrogen-bond donors (Lipinski definition) is 2. The standard InChI is InChI=1S/C21H21N7O/c1-14(16-9-6-10-17(12-16)20-24-26-27-25-20)23-21(29)18-13-22-28(2)19(18)11-15-7-4-3-5-8-15/h3-10,12-14H,11H2,1-2H3,(H,23,29)(H,24,25,26,27)/t14-/m1/s1. The molecule has 0 aliphatic rings. The maximum absolute atomic E-state index is 13.0. The van der Waals surface area contributed by atoms with E-state index in [-0.39, 0.29) is 11.9 Å². The number of nitrogens with zero attached hydrogens (tertiary/aromatic N) is 5. The molecule has 0 aliphatic carbocycles. The van der Waals surface area contributed by atoms with Crippen LogP contribution in [0, 0.1) is 0 Å². The van der Waals surface area contributed by atoms with Gasteiger partial charge < -0.3 is 5.32 Å². The fourth-order valence-corrected chi connectivity index (χ4v) is 3.24. The van der Waals surface area contributed by atoms with E-state index in [0.29, 0.717) is 17.8 Å². The lowest BCUT2D eigenvalue weighted by atomic mass is 10.0. The minimum atomic E-state index is -0.195. The molecular formula is C21H21N7O. The van der Waals surface area contributed by atoms with Gasteiger partial charge in [0.25, 0.3) is 5.91 Å². The summed E-state index contributed by atoms with van der Waals surface area (Å²) < 4.78 is 1.75. The molecule has 4 rings (SSSR count). The first-order valence-corrected chi connectivity index (χ1v) is 9.31. The Morgan fingerprint density at radius 2 is 2.00 bits per heavy atom. The highest BCUT2D eigenvalue weighted by Crippen LogP contribution is 2.21. The van der Waals surface area contributed by atoms with E-state index in [2.05, 4.69) is 31.0 Å². The molecule has 29 heavy (non-hydrogen) atoms. The molecule has 0 saturated heterocycles. The molecule has 4 aromatic rings. The summed E-state index contributed by atoms with van der Waals surface area (Å²) in [7, 11) is 1.85. The van der Waals surface area contributed by atoms with Crippen LogP contribution >= 0.6 is 0 Å². The molecule has 0 aliphatic heterocycles. The third-order valence-electron chi connectivity index (χ3n) is 4.86. The largest absolute Gasteiger partial charge is 0.345 e. The number of hydrogen-bond acceptors (Lipinski definition) is 5. The van der Waals surface area contributed by atoms with Crippen molar-refractivity contribution in [2.45, 2.75) is 19.4 Å². The van der Waals surface area contributed by atoms with Gasteiger partial charge in [-0.05, 0) is 29.3 Å². The van der Waals surface area contributed by atoms with Gasteiger partial charge in [-0.25, -0.2) is 0 Å². The second-order valence-electron chi connectivity index (χ2n) is 6.85. The SMILES string of the molecule is C[C@@H](NC(=O)c1cnn(C)c1Cc1ccccc1)c1cccc(-c2nn[nH]n2)c1. The van der Waals surface area contributed by atoms with Crippen molar-refractivity contribution in [2.24, 2.45) is 7.05 Å². The van der Waals surface area contributed by atoms with Gasteiger partial charge in [-0.1, -0.05) is 48.5 Å². The van der Waals surface area contributed by atoms with E-state index < -0.39 is 0 Å². The van der Waals surface area contributed by atoms with Crippen LogP contribution in [0.15, 0.2) is 60.8 Å². The van der Waals surface area contributed by atoms with Crippen molar-refractivity contribution in [3.8, 4) is 11.4 Å². The van der Waals surface area contributed by atoms with E-state index in [9.17, 15) is 4.79 Å². The Bertz CT molecular complexity index is 1100. The molecule has 1 amide bonds. The van der Waals surface area contributed by atoms with Crippen LogP contribution in [0.4, 0.5) is 0 Å². The third kappa shape index (κ3) is 4.06. The Labute approximate surface area is 168 Å². The Morgan fingerprint density at radius 1 is 1.17 bits per heavy atom. The van der Waals surface area contributed by atoms with E-state index in [4.69, 9.17) is 0 Å². The molecule has 0 unspecified atom stereocenters. The molecule has 2 N–H and O–H groups in total. The molecule has 0 bridgehead atoms. The van der Waals surface area contributed by atoms with Crippen molar-refractivity contribution in [1.29, 1.82) is 0 Å². The predicted molar refractivity (Wildman–Crippen MR) is 108 cm³/mol. The Morgan fingerprint density at radius 3 is 2.76 bits per heavy atom. The lowest BCUT2D eigenvalue weighted by Gasteiger charge is -2.15. The fourth-order valence-electron chi connectivity index (χ4n) is 3.24. The van der Waals surface area contributed by atoms with Gasteiger partial charge in [-0.2, -0.15) is 10.3 Å². The van der Waals surface area contributed by atoms with E-state index in [1.807, 2.05) is 68.6 Å². The number of nitrogens with one attached hydrogen (secondary N) is 2. The van der Waals surface area contributed by atoms with Crippen LogP contribution in [0.2, 0.25) is 0 Å². The lowest BCUT2D eigenvalue weighted by Crippen LogP contribution is -2.27. The number of benzene rings is 2. The van der Waals surface area contributed by atoms with Crippen LogP contribution in [0.3, 0.4) is 0 Å². The number of aromatic amines is 1. The first-order valence-electron chi connectivity index (χ1n) is 9.31. The molecule has 2 heterocycles. The van der Waals surface area contributed by atoms with Crippen LogP contribution in [0.5, 0.6) is 0 Å². The van der Waals surface area contributed by atoms with Crippen molar-refractivity contribution in [2.75, 3.05) is 0 Å². The lowest BCUT2D eigenvalue weighted by molar-refractivity contribution is 0.0939. The summed E-state index contributed by atoms with van der Waals surface area (Å²) in [6.45, 7) is 1.94. The normalized spacial score (nSPS) is 11.9. The highest BCUT2D eigenvalue weighted by atomic mass is 16.1. The number of H-pyrrole nitrogens is 1. The molecule has 2 aromatic heterocycles. The maximum Gasteiger partial charge on any atom is 0.255 e. The van der Waals surface area contributed by atoms with Crippen molar-refractivity contribution in [3.63, 3.8) is 0 Å². The van der Waals surface area contributed by atoms with Gasteiger partial charge in [0.05, 0.1) is 23.5 Å². The second kappa shape index (κ2) is 8.05. The zero-order valence-electron chi connectivity index (χ0n) is 16.2. The van der Waals surface area contributed by atoms with Crippen molar-refractivity contribution < 1.29 is 4.79 Å². The second-order valence-corrected chi connectivity index (χ2v) is 6.85. The van der Waals surface area contributed by atoms with Crippen molar-refractivity contribution in [3.05, 3.63) is 83.2 Å². The van der Waals surface area contributed by atoms with E-state index in [0.717, 1.165) is 22.4 Å². The number of rotatable bonds is 6. The first kappa shape index (κ1) is 18.5. The zero-order valence-corrected chi connectivity index (χ0v) is 16.2. The number of aromatic nitrogens is 6. The highest BCUT2D eigenvalue weighted by molar-refractivity contribution is 5.95. The van der Waals surface area contributed by atoms with Crippen LogP contribution < -0.4 is 5.32 Å². The minimum Gasteiger partial charge on any atom is -0.345 e. The minimum absolute atomic E-state index is 0.151. The molecule has 0 saturated carbocycles. The maximum atomic E-state index is 13.0. The Hall–Kier alpha value is -3.81. The van der Waals surface area contributed by atoms with Gasteiger partial charge in [0.1, 0.15) is 0 Å². The quantitative estimate of drug-likeness (QED) is 0.530.